The van der Waals surface area contributed by atoms with Crippen LogP contribution in [0.1, 0.15) is 87.7 Å². The SMILES string of the molecule is O=C(N[C@@H]1C[C@@H](CO)C[C@H]1OC(=O)c1cc(OCc2ccccc2)c(C(=O)c2c(OCc3ccccc3)cccc2C(=O)OCc2ccccc2)c(OCc2ccccc2)c1)c1ccc(OCc2ccccc2)cc1. The Morgan fingerprint density at radius 2 is 0.920 bits per heavy atom. The lowest BCUT2D eigenvalue weighted by molar-refractivity contribution is 0.0237. The van der Waals surface area contributed by atoms with Crippen LogP contribution in [0.2, 0.25) is 0 Å². The summed E-state index contributed by atoms with van der Waals surface area (Å²) < 4.78 is 37.4. The van der Waals surface area contributed by atoms with Crippen molar-refractivity contribution < 1.29 is 52.7 Å². The van der Waals surface area contributed by atoms with Gasteiger partial charge in [0.25, 0.3) is 5.91 Å². The number of carbonyl (C=O) groups excluding carboxylic acids is 4. The Hall–Kier alpha value is -9.00. The number of ketones is 1. The first-order valence-electron chi connectivity index (χ1n) is 24.7. The van der Waals surface area contributed by atoms with Gasteiger partial charge in [0.15, 0.2) is 0 Å². The molecule has 1 aliphatic carbocycles. The molecule has 3 atom stereocenters. The summed E-state index contributed by atoms with van der Waals surface area (Å²) in [6, 6.07) is 60.6. The van der Waals surface area contributed by atoms with Crippen molar-refractivity contribution in [3.8, 4) is 23.0 Å². The summed E-state index contributed by atoms with van der Waals surface area (Å²) in [5, 5.41) is 13.3. The van der Waals surface area contributed by atoms with Crippen LogP contribution in [-0.4, -0.2) is 47.5 Å². The van der Waals surface area contributed by atoms with E-state index in [9.17, 15) is 19.5 Å². The van der Waals surface area contributed by atoms with Crippen LogP contribution in [0.25, 0.3) is 0 Å². The maximum absolute atomic E-state index is 15.7. The number of ether oxygens (including phenoxy) is 6. The minimum atomic E-state index is -0.839. The third-order valence-electron chi connectivity index (χ3n) is 12.7. The number of aliphatic hydroxyl groups is 1. The summed E-state index contributed by atoms with van der Waals surface area (Å²) in [4.78, 5) is 58.3. The molecule has 0 heterocycles. The van der Waals surface area contributed by atoms with Crippen LogP contribution in [0.5, 0.6) is 23.0 Å². The number of aliphatic hydroxyl groups excluding tert-OH is 1. The number of amides is 1. The zero-order valence-electron chi connectivity index (χ0n) is 41.0. The fourth-order valence-electron chi connectivity index (χ4n) is 8.78. The van der Waals surface area contributed by atoms with E-state index in [1.54, 1.807) is 36.4 Å². The van der Waals surface area contributed by atoms with Crippen molar-refractivity contribution in [1.82, 2.24) is 5.32 Å². The number of esters is 2. The molecule has 9 rings (SSSR count). The lowest BCUT2D eigenvalue weighted by Gasteiger charge is -2.23. The fourth-order valence-corrected chi connectivity index (χ4v) is 8.78. The molecule has 8 aromatic carbocycles. The zero-order valence-corrected chi connectivity index (χ0v) is 41.0. The molecule has 0 radical (unpaired) electrons. The quantitative estimate of drug-likeness (QED) is 0.0492. The average Bonchev–Trinajstić information content (AvgIpc) is 3.85. The molecule has 1 amide bonds. The van der Waals surface area contributed by atoms with Gasteiger partial charge in [-0.2, -0.15) is 0 Å². The Morgan fingerprint density at radius 1 is 0.453 bits per heavy atom. The molecule has 1 aliphatic rings. The van der Waals surface area contributed by atoms with Crippen molar-refractivity contribution in [3.63, 3.8) is 0 Å². The number of rotatable bonds is 22. The summed E-state index contributed by atoms with van der Waals surface area (Å²) in [5.74, 6) is -2.29. The standard InChI is InChI=1S/C63H55NO11/c65-37-48-33-53(64-61(67)49-29-31-51(32-30-49)70-38-43-17-6-1-7-18-43)55(34-48)75-62(68)50-35-56(72-40-45-21-10-3-11-22-45)59(57(36-50)73-41-46-23-12-4-13-24-46)60(66)58-52(63(69)74-42-47-25-14-5-15-26-47)27-16-28-54(58)71-39-44-19-8-2-9-20-44/h1-32,35-36,48,53,55,65H,33-34,37-42H2,(H,64,67)/t48-,53-,55-/m1/s1. The highest BCUT2D eigenvalue weighted by Crippen LogP contribution is 2.39. The Balaban J connectivity index is 1.05. The molecule has 12 nitrogen and oxygen atoms in total. The number of carbonyl (C=O) groups is 4. The molecule has 0 aliphatic heterocycles. The molecule has 8 aromatic rings. The van der Waals surface area contributed by atoms with Crippen molar-refractivity contribution >= 4 is 23.6 Å². The van der Waals surface area contributed by atoms with Gasteiger partial charge in [-0.15, -0.1) is 0 Å². The molecule has 75 heavy (non-hydrogen) atoms. The molecular formula is C63H55NO11. The van der Waals surface area contributed by atoms with Gasteiger partial charge in [-0.1, -0.05) is 158 Å². The van der Waals surface area contributed by atoms with Crippen molar-refractivity contribution in [1.29, 1.82) is 0 Å². The highest BCUT2D eigenvalue weighted by molar-refractivity contribution is 6.19. The molecule has 12 heteroatoms. The van der Waals surface area contributed by atoms with Crippen molar-refractivity contribution in [2.24, 2.45) is 5.92 Å². The normalized spacial score (nSPS) is 14.8. The molecule has 1 fully saturated rings. The summed E-state index contributed by atoms with van der Waals surface area (Å²) in [5.41, 5.74) is 4.21. The second kappa shape index (κ2) is 25.1. The van der Waals surface area contributed by atoms with E-state index in [0.717, 1.165) is 27.8 Å². The van der Waals surface area contributed by atoms with Gasteiger partial charge in [0.1, 0.15) is 67.7 Å². The van der Waals surface area contributed by atoms with Crippen LogP contribution in [0.4, 0.5) is 0 Å². The van der Waals surface area contributed by atoms with Gasteiger partial charge in [0.2, 0.25) is 5.78 Å². The Morgan fingerprint density at radius 3 is 1.41 bits per heavy atom. The first-order chi connectivity index (χ1) is 36.8. The number of hydrogen-bond donors (Lipinski definition) is 2. The predicted octanol–water partition coefficient (Wildman–Crippen LogP) is 11.3. The van der Waals surface area contributed by atoms with Gasteiger partial charge < -0.3 is 38.8 Å². The van der Waals surface area contributed by atoms with Gasteiger partial charge in [0, 0.05) is 12.2 Å². The largest absolute Gasteiger partial charge is 0.489 e. The molecule has 0 spiro atoms. The molecule has 0 aromatic heterocycles. The van der Waals surface area contributed by atoms with Gasteiger partial charge in [0.05, 0.1) is 22.7 Å². The highest BCUT2D eigenvalue weighted by Gasteiger charge is 2.39. The van der Waals surface area contributed by atoms with Gasteiger partial charge in [-0.25, -0.2) is 9.59 Å². The molecule has 378 valence electrons. The van der Waals surface area contributed by atoms with Crippen LogP contribution in [0.3, 0.4) is 0 Å². The van der Waals surface area contributed by atoms with E-state index in [1.807, 2.05) is 152 Å². The smallest absolute Gasteiger partial charge is 0.339 e. The van der Waals surface area contributed by atoms with Gasteiger partial charge >= 0.3 is 11.9 Å². The summed E-state index contributed by atoms with van der Waals surface area (Å²) in [7, 11) is 0. The summed E-state index contributed by atoms with van der Waals surface area (Å²) in [6.07, 6.45) is -0.216. The zero-order chi connectivity index (χ0) is 51.8. The maximum atomic E-state index is 15.7. The Kier molecular flexibility index (Phi) is 17.0. The fraction of sp³-hybridized carbons (Fsp3) is 0.175. The first-order valence-corrected chi connectivity index (χ1v) is 24.7. The second-order valence-electron chi connectivity index (χ2n) is 18.1. The Bertz CT molecular complexity index is 3110. The lowest BCUT2D eigenvalue weighted by Crippen LogP contribution is -2.42. The van der Waals surface area contributed by atoms with Crippen molar-refractivity contribution in [2.75, 3.05) is 6.61 Å². The van der Waals surface area contributed by atoms with Crippen LogP contribution >= 0.6 is 0 Å². The molecule has 0 saturated heterocycles. The van der Waals surface area contributed by atoms with E-state index < -0.39 is 29.9 Å². The summed E-state index contributed by atoms with van der Waals surface area (Å²) >= 11 is 0. The minimum absolute atomic E-state index is 0.0163. The van der Waals surface area contributed by atoms with Crippen molar-refractivity contribution in [3.05, 3.63) is 262 Å². The van der Waals surface area contributed by atoms with Crippen LogP contribution in [0, 0.1) is 5.92 Å². The van der Waals surface area contributed by atoms with E-state index in [0.29, 0.717) is 24.3 Å². The number of hydrogen-bond acceptors (Lipinski definition) is 11. The number of nitrogens with one attached hydrogen (secondary N) is 1. The molecular weight excluding hydrogens is 947 g/mol. The van der Waals surface area contributed by atoms with Crippen LogP contribution < -0.4 is 24.3 Å². The molecule has 2 N–H and O–H groups in total. The average molecular weight is 1000 g/mol. The van der Waals surface area contributed by atoms with E-state index >= 15 is 4.79 Å². The summed E-state index contributed by atoms with van der Waals surface area (Å²) in [6.45, 7) is 0.154. The third kappa shape index (κ3) is 13.5. The van der Waals surface area contributed by atoms with E-state index in [-0.39, 0.29) is 90.8 Å². The maximum Gasteiger partial charge on any atom is 0.339 e. The number of benzene rings is 8. The highest BCUT2D eigenvalue weighted by atomic mass is 16.5. The monoisotopic (exact) mass is 1000 g/mol. The molecule has 0 bridgehead atoms. The van der Waals surface area contributed by atoms with E-state index in [4.69, 9.17) is 28.4 Å². The molecule has 1 saturated carbocycles. The lowest BCUT2D eigenvalue weighted by atomic mass is 9.94. The first kappa shape index (κ1) is 50.9. The Labute approximate surface area is 435 Å². The predicted molar refractivity (Wildman–Crippen MR) is 282 cm³/mol. The van der Waals surface area contributed by atoms with Crippen LogP contribution in [0.15, 0.2) is 206 Å². The van der Waals surface area contributed by atoms with E-state index in [2.05, 4.69) is 5.32 Å². The van der Waals surface area contributed by atoms with Crippen molar-refractivity contribution in [2.45, 2.75) is 58.0 Å². The van der Waals surface area contributed by atoms with Gasteiger partial charge in [-0.05, 0) is 95.1 Å². The van der Waals surface area contributed by atoms with E-state index in [1.165, 1.54) is 18.2 Å². The third-order valence-corrected chi connectivity index (χ3v) is 12.7. The minimum Gasteiger partial charge on any atom is -0.489 e. The topological polar surface area (TPSA) is 156 Å². The van der Waals surface area contributed by atoms with Gasteiger partial charge in [-0.3, -0.25) is 9.59 Å². The van der Waals surface area contributed by atoms with Crippen LogP contribution in [-0.2, 0) is 42.5 Å². The molecule has 0 unspecified atom stereocenters. The second-order valence-corrected chi connectivity index (χ2v) is 18.1.